The molecule has 1 aromatic carbocycles. The number of nitrogens with one attached hydrogen (secondary N) is 1. The summed E-state index contributed by atoms with van der Waals surface area (Å²) in [5.74, 6) is 4.68. The topological polar surface area (TPSA) is 78.6 Å². The molecule has 0 aromatic heterocycles. The van der Waals surface area contributed by atoms with Gasteiger partial charge in [0, 0.05) is 13.1 Å². The van der Waals surface area contributed by atoms with Gasteiger partial charge in [0.15, 0.2) is 0 Å². The van der Waals surface area contributed by atoms with E-state index < -0.39 is 5.60 Å². The first-order chi connectivity index (χ1) is 9.23. The number of hydrogen-bond donors (Lipinski definition) is 3. The number of aliphatic hydroxyl groups is 1. The molecule has 0 saturated carbocycles. The molecule has 0 aliphatic carbocycles. The van der Waals surface area contributed by atoms with Gasteiger partial charge in [0.2, 0.25) is 5.91 Å². The minimum absolute atomic E-state index is 0.197. The van der Waals surface area contributed by atoms with Gasteiger partial charge in [0.25, 0.3) is 0 Å². The number of carbonyl (C=O) groups excluding carboxylic acids is 1. The highest BCUT2D eigenvalue weighted by Crippen LogP contribution is 2.17. The van der Waals surface area contributed by atoms with E-state index in [-0.39, 0.29) is 11.8 Å². The van der Waals surface area contributed by atoms with Crippen molar-refractivity contribution < 1.29 is 9.90 Å². The molecule has 1 unspecified atom stereocenters. The Morgan fingerprint density at radius 1 is 1.40 bits per heavy atom. The van der Waals surface area contributed by atoms with E-state index >= 15 is 0 Å². The van der Waals surface area contributed by atoms with Crippen molar-refractivity contribution >= 4 is 5.91 Å². The zero-order valence-electron chi connectivity index (χ0n) is 12.7. The third kappa shape index (κ3) is 5.28. The number of rotatable bonds is 6. The van der Waals surface area contributed by atoms with Crippen LogP contribution in [0, 0.1) is 0 Å². The number of amides is 1. The zero-order chi connectivity index (χ0) is 15.3. The van der Waals surface area contributed by atoms with Gasteiger partial charge in [0.1, 0.15) is 0 Å². The second kappa shape index (κ2) is 6.83. The van der Waals surface area contributed by atoms with Gasteiger partial charge >= 0.3 is 0 Å². The Labute approximate surface area is 120 Å². The number of carbonyl (C=O) groups is 1. The summed E-state index contributed by atoms with van der Waals surface area (Å²) in [5.41, 5.74) is 3.53. The van der Waals surface area contributed by atoms with Crippen LogP contribution in [-0.4, -0.2) is 35.1 Å². The number of likely N-dealkylation sites (N-methyl/N-ethyl adjacent to an activating group) is 1. The van der Waals surface area contributed by atoms with Crippen molar-refractivity contribution in [2.45, 2.75) is 38.8 Å². The highest BCUT2D eigenvalue weighted by atomic mass is 16.3. The van der Waals surface area contributed by atoms with Crippen molar-refractivity contribution in [1.82, 2.24) is 10.3 Å². The van der Waals surface area contributed by atoms with Crippen LogP contribution in [0.15, 0.2) is 24.3 Å². The molecule has 0 aliphatic rings. The number of hydrazine groups is 1. The van der Waals surface area contributed by atoms with Crippen molar-refractivity contribution in [2.24, 2.45) is 5.84 Å². The van der Waals surface area contributed by atoms with Gasteiger partial charge in [0.05, 0.1) is 11.5 Å². The number of benzene rings is 1. The zero-order valence-corrected chi connectivity index (χ0v) is 12.7. The molecule has 0 radical (unpaired) electrons. The number of nitrogens with two attached hydrogens (primary N) is 1. The van der Waals surface area contributed by atoms with Gasteiger partial charge in [-0.25, -0.2) is 5.84 Å². The van der Waals surface area contributed by atoms with Crippen LogP contribution in [0.25, 0.3) is 0 Å². The summed E-state index contributed by atoms with van der Waals surface area (Å²) < 4.78 is 0. The second-order valence-electron chi connectivity index (χ2n) is 5.96. The largest absolute Gasteiger partial charge is 0.389 e. The van der Waals surface area contributed by atoms with E-state index in [1.54, 1.807) is 13.8 Å². The molecule has 0 spiro atoms. The van der Waals surface area contributed by atoms with Crippen LogP contribution in [0.1, 0.15) is 37.8 Å². The molecule has 5 nitrogen and oxygen atoms in total. The first kappa shape index (κ1) is 16.6. The van der Waals surface area contributed by atoms with Gasteiger partial charge in [-0.2, -0.15) is 0 Å². The van der Waals surface area contributed by atoms with Crippen molar-refractivity contribution in [3.8, 4) is 0 Å². The van der Waals surface area contributed by atoms with Crippen molar-refractivity contribution in [3.63, 3.8) is 0 Å². The maximum absolute atomic E-state index is 11.5. The Morgan fingerprint density at radius 2 is 1.95 bits per heavy atom. The maximum Gasteiger partial charge on any atom is 0.241 e. The summed E-state index contributed by atoms with van der Waals surface area (Å²) in [6, 6.07) is 7.87. The summed E-state index contributed by atoms with van der Waals surface area (Å²) in [7, 11) is 1.97. The molecule has 1 rings (SSSR count). The van der Waals surface area contributed by atoms with Crippen molar-refractivity contribution in [1.29, 1.82) is 0 Å². The van der Waals surface area contributed by atoms with Crippen LogP contribution in [0.5, 0.6) is 0 Å². The lowest BCUT2D eigenvalue weighted by Gasteiger charge is -2.25. The molecule has 4 N–H and O–H groups in total. The highest BCUT2D eigenvalue weighted by Gasteiger charge is 2.16. The predicted molar refractivity (Wildman–Crippen MR) is 79.8 cm³/mol. The summed E-state index contributed by atoms with van der Waals surface area (Å²) in [6.45, 7) is 6.75. The molecule has 112 valence electrons. The number of hydrogen-bond acceptors (Lipinski definition) is 4. The maximum atomic E-state index is 11.5. The molecule has 1 atom stereocenters. The molecule has 5 heteroatoms. The normalized spacial score (nSPS) is 13.3. The second-order valence-corrected chi connectivity index (χ2v) is 5.96. The lowest BCUT2D eigenvalue weighted by Crippen LogP contribution is -2.35. The lowest BCUT2D eigenvalue weighted by molar-refractivity contribution is -0.122. The number of nitrogens with zero attached hydrogens (tertiary/aromatic N) is 1. The Bertz CT molecular complexity index is 437. The summed E-state index contributed by atoms with van der Waals surface area (Å²) >= 11 is 0. The van der Waals surface area contributed by atoms with Crippen LogP contribution in [0.4, 0.5) is 0 Å². The highest BCUT2D eigenvalue weighted by molar-refractivity contribution is 5.82. The smallest absolute Gasteiger partial charge is 0.241 e. The average Bonchev–Trinajstić information content (AvgIpc) is 2.35. The Morgan fingerprint density at radius 3 is 2.40 bits per heavy atom. The monoisotopic (exact) mass is 279 g/mol. The molecule has 1 aromatic rings. The Kier molecular flexibility index (Phi) is 5.68. The molecule has 0 bridgehead atoms. The average molecular weight is 279 g/mol. The van der Waals surface area contributed by atoms with Gasteiger partial charge in [-0.05, 0) is 38.9 Å². The fraction of sp³-hybridized carbons (Fsp3) is 0.533. The molecular weight excluding hydrogens is 254 g/mol. The third-order valence-corrected chi connectivity index (χ3v) is 3.12. The third-order valence-electron chi connectivity index (χ3n) is 3.12. The summed E-state index contributed by atoms with van der Waals surface area (Å²) in [4.78, 5) is 13.5. The first-order valence-electron chi connectivity index (χ1n) is 6.73. The van der Waals surface area contributed by atoms with Crippen molar-refractivity contribution in [3.05, 3.63) is 35.4 Å². The van der Waals surface area contributed by atoms with E-state index in [0.717, 1.165) is 17.7 Å². The quantitative estimate of drug-likeness (QED) is 0.412. The van der Waals surface area contributed by atoms with Crippen LogP contribution in [0.3, 0.4) is 0 Å². The van der Waals surface area contributed by atoms with Crippen LogP contribution in [0.2, 0.25) is 0 Å². The first-order valence-corrected chi connectivity index (χ1v) is 6.73. The summed E-state index contributed by atoms with van der Waals surface area (Å²) in [6.07, 6.45) is 0. The minimum Gasteiger partial charge on any atom is -0.389 e. The molecular formula is C15H25N3O2. The van der Waals surface area contributed by atoms with Crippen LogP contribution < -0.4 is 11.3 Å². The van der Waals surface area contributed by atoms with E-state index in [2.05, 4.69) is 10.3 Å². The van der Waals surface area contributed by atoms with E-state index in [1.165, 1.54) is 0 Å². The standard InChI is InChI=1S/C15H25N3O2/c1-11(14(19)17-16)13-7-5-12(6-8-13)9-18(4)10-15(2,3)20/h5-8,11,20H,9-10,16H2,1-4H3,(H,17,19). The fourth-order valence-electron chi connectivity index (χ4n) is 2.22. The van der Waals surface area contributed by atoms with E-state index in [1.807, 2.05) is 38.2 Å². The summed E-state index contributed by atoms with van der Waals surface area (Å²) in [5, 5.41) is 9.77. The lowest BCUT2D eigenvalue weighted by atomic mass is 9.99. The van der Waals surface area contributed by atoms with E-state index in [9.17, 15) is 9.90 Å². The molecule has 0 fully saturated rings. The van der Waals surface area contributed by atoms with E-state index in [0.29, 0.717) is 6.54 Å². The van der Waals surface area contributed by atoms with Crippen LogP contribution in [-0.2, 0) is 11.3 Å². The van der Waals surface area contributed by atoms with Crippen molar-refractivity contribution in [2.75, 3.05) is 13.6 Å². The molecule has 0 heterocycles. The molecule has 20 heavy (non-hydrogen) atoms. The predicted octanol–water partition coefficient (Wildman–Crippen LogP) is 0.983. The fourth-order valence-corrected chi connectivity index (χ4v) is 2.22. The molecule has 0 saturated heterocycles. The van der Waals surface area contributed by atoms with E-state index in [4.69, 9.17) is 5.84 Å². The SMILES string of the molecule is CC(C(=O)NN)c1ccc(CN(C)CC(C)(C)O)cc1. The molecule has 1 amide bonds. The van der Waals surface area contributed by atoms with Gasteiger partial charge < -0.3 is 5.11 Å². The molecule has 0 aliphatic heterocycles. The minimum atomic E-state index is -0.706. The van der Waals surface area contributed by atoms with Gasteiger partial charge in [-0.3, -0.25) is 15.1 Å². The Hall–Kier alpha value is -1.43. The van der Waals surface area contributed by atoms with Crippen LogP contribution >= 0.6 is 0 Å². The van der Waals surface area contributed by atoms with Gasteiger partial charge in [-0.15, -0.1) is 0 Å². The Balaban J connectivity index is 2.65. The van der Waals surface area contributed by atoms with Gasteiger partial charge in [-0.1, -0.05) is 24.3 Å².